The first-order valence-corrected chi connectivity index (χ1v) is 21.6. The molecule has 5 heteroatoms. The third-order valence-corrected chi connectivity index (χ3v) is 10.1. The lowest BCUT2D eigenvalue weighted by atomic mass is 10.0. The zero-order chi connectivity index (χ0) is 35.9. The summed E-state index contributed by atoms with van der Waals surface area (Å²) in [5.74, 6) is -0.475. The van der Waals surface area contributed by atoms with Gasteiger partial charge >= 0.3 is 0 Å². The molecule has 4 N–H and O–H groups in total. The van der Waals surface area contributed by atoms with Crippen LogP contribution in [0.3, 0.4) is 0 Å². The number of nitrogens with one attached hydrogen (secondary N) is 1. The maximum atomic E-state index is 12.4. The minimum atomic E-state index is -1.07. The first kappa shape index (κ1) is 47.8. The van der Waals surface area contributed by atoms with Gasteiger partial charge in [0.1, 0.15) is 6.10 Å². The number of hydrogen-bond donors (Lipinski definition) is 4. The standard InChI is InChI=1S/C44H85NO4/c1-3-5-7-9-11-13-14-15-16-17-18-19-20-21-22-23-24-25-26-27-28-29-31-33-35-37-39-43(48)44(49)45-41(40-46)42(47)38-36-34-32-30-12-10-8-6-4-2/h18-19,21-22,41-43,46-48H,3-17,20,23-40H2,1-2H3,(H,45,49)/b19-18-,22-21-. The molecule has 0 aliphatic carbocycles. The van der Waals surface area contributed by atoms with Crippen LogP contribution in [0.1, 0.15) is 226 Å². The van der Waals surface area contributed by atoms with Crippen LogP contribution >= 0.6 is 0 Å². The number of carbonyl (C=O) groups excluding carboxylic acids is 1. The van der Waals surface area contributed by atoms with Crippen molar-refractivity contribution in [2.24, 2.45) is 0 Å². The van der Waals surface area contributed by atoms with Crippen molar-refractivity contribution in [3.05, 3.63) is 24.3 Å². The van der Waals surface area contributed by atoms with Gasteiger partial charge < -0.3 is 20.6 Å². The monoisotopic (exact) mass is 692 g/mol. The molecule has 0 heterocycles. The molecule has 0 spiro atoms. The summed E-state index contributed by atoms with van der Waals surface area (Å²) >= 11 is 0. The summed E-state index contributed by atoms with van der Waals surface area (Å²) in [5, 5.41) is 33.1. The van der Waals surface area contributed by atoms with Gasteiger partial charge in [-0.15, -0.1) is 0 Å². The van der Waals surface area contributed by atoms with Gasteiger partial charge in [-0.3, -0.25) is 4.79 Å². The topological polar surface area (TPSA) is 89.8 Å². The van der Waals surface area contributed by atoms with Crippen molar-refractivity contribution < 1.29 is 20.1 Å². The molecule has 0 aromatic carbocycles. The molecule has 0 radical (unpaired) electrons. The Morgan fingerprint density at radius 2 is 0.837 bits per heavy atom. The molecule has 0 fully saturated rings. The minimum absolute atomic E-state index is 0.314. The fraction of sp³-hybridized carbons (Fsp3) is 0.886. The van der Waals surface area contributed by atoms with E-state index in [0.717, 1.165) is 38.5 Å². The normalized spacial score (nSPS) is 13.8. The van der Waals surface area contributed by atoms with Gasteiger partial charge in [-0.25, -0.2) is 0 Å². The van der Waals surface area contributed by atoms with Gasteiger partial charge in [-0.2, -0.15) is 0 Å². The average Bonchev–Trinajstić information content (AvgIpc) is 3.11. The molecule has 0 aliphatic heterocycles. The first-order chi connectivity index (χ1) is 24.1. The molecule has 0 aromatic rings. The highest BCUT2D eigenvalue weighted by molar-refractivity contribution is 5.80. The van der Waals surface area contributed by atoms with Crippen LogP contribution in [0.5, 0.6) is 0 Å². The molecule has 49 heavy (non-hydrogen) atoms. The molecule has 5 nitrogen and oxygen atoms in total. The van der Waals surface area contributed by atoms with E-state index in [1.54, 1.807) is 0 Å². The Kier molecular flexibility index (Phi) is 38.7. The van der Waals surface area contributed by atoms with Crippen LogP contribution in [-0.2, 0) is 4.79 Å². The van der Waals surface area contributed by atoms with E-state index in [9.17, 15) is 20.1 Å². The first-order valence-electron chi connectivity index (χ1n) is 21.6. The summed E-state index contributed by atoms with van der Waals surface area (Å²) < 4.78 is 0. The number of aliphatic hydroxyl groups is 3. The van der Waals surface area contributed by atoms with Crippen LogP contribution in [0.4, 0.5) is 0 Å². The average molecular weight is 692 g/mol. The molecule has 0 aromatic heterocycles. The Hall–Kier alpha value is -1.17. The second-order valence-corrected chi connectivity index (χ2v) is 14.9. The number of unbranched alkanes of at least 4 members (excludes halogenated alkanes) is 27. The molecule has 3 atom stereocenters. The van der Waals surface area contributed by atoms with Crippen LogP contribution < -0.4 is 5.32 Å². The maximum absolute atomic E-state index is 12.4. The highest BCUT2D eigenvalue weighted by atomic mass is 16.3. The maximum Gasteiger partial charge on any atom is 0.249 e. The predicted molar refractivity (Wildman–Crippen MR) is 213 cm³/mol. The van der Waals surface area contributed by atoms with E-state index in [1.807, 2.05) is 0 Å². The van der Waals surface area contributed by atoms with Crippen LogP contribution in [0, 0.1) is 0 Å². The van der Waals surface area contributed by atoms with E-state index < -0.39 is 24.2 Å². The van der Waals surface area contributed by atoms with Crippen molar-refractivity contribution in [1.82, 2.24) is 5.32 Å². The van der Waals surface area contributed by atoms with E-state index in [2.05, 4.69) is 43.5 Å². The predicted octanol–water partition coefficient (Wildman–Crippen LogP) is 12.2. The zero-order valence-electron chi connectivity index (χ0n) is 32.8. The van der Waals surface area contributed by atoms with Gasteiger partial charge in [0.05, 0.1) is 18.8 Å². The lowest BCUT2D eigenvalue weighted by molar-refractivity contribution is -0.131. The summed E-state index contributed by atoms with van der Waals surface area (Å²) in [6.45, 7) is 4.20. The lowest BCUT2D eigenvalue weighted by Crippen LogP contribution is -2.49. The van der Waals surface area contributed by atoms with E-state index >= 15 is 0 Å². The fourth-order valence-electron chi connectivity index (χ4n) is 6.63. The summed E-state index contributed by atoms with van der Waals surface area (Å²) in [7, 11) is 0. The number of allylic oxidation sites excluding steroid dienone is 4. The molecule has 0 saturated carbocycles. The number of aliphatic hydroxyl groups excluding tert-OH is 3. The van der Waals surface area contributed by atoms with Gasteiger partial charge in [0, 0.05) is 0 Å². The molecule has 0 rings (SSSR count). The van der Waals surface area contributed by atoms with Gasteiger partial charge in [0.15, 0.2) is 0 Å². The van der Waals surface area contributed by atoms with Crippen LogP contribution in [0.2, 0.25) is 0 Å². The highest BCUT2D eigenvalue weighted by Gasteiger charge is 2.23. The molecule has 1 amide bonds. The Balaban J connectivity index is 3.56. The summed E-state index contributed by atoms with van der Waals surface area (Å²) in [4.78, 5) is 12.4. The van der Waals surface area contributed by atoms with Crippen LogP contribution in [0.15, 0.2) is 24.3 Å². The van der Waals surface area contributed by atoms with Crippen molar-refractivity contribution in [2.75, 3.05) is 6.61 Å². The lowest BCUT2D eigenvalue weighted by Gasteiger charge is -2.23. The van der Waals surface area contributed by atoms with Crippen molar-refractivity contribution in [3.8, 4) is 0 Å². The summed E-state index contributed by atoms with van der Waals surface area (Å²) in [6, 6.07) is -0.709. The zero-order valence-corrected chi connectivity index (χ0v) is 32.8. The number of rotatable bonds is 39. The smallest absolute Gasteiger partial charge is 0.249 e. The fourth-order valence-corrected chi connectivity index (χ4v) is 6.63. The number of carbonyl (C=O) groups is 1. The Morgan fingerprint density at radius 1 is 0.490 bits per heavy atom. The van der Waals surface area contributed by atoms with Crippen molar-refractivity contribution in [3.63, 3.8) is 0 Å². The van der Waals surface area contributed by atoms with Crippen molar-refractivity contribution >= 4 is 5.91 Å². The second-order valence-electron chi connectivity index (χ2n) is 14.9. The third-order valence-electron chi connectivity index (χ3n) is 10.1. The van der Waals surface area contributed by atoms with E-state index in [1.165, 1.54) is 161 Å². The molecule has 3 unspecified atom stereocenters. The largest absolute Gasteiger partial charge is 0.394 e. The molecule has 290 valence electrons. The van der Waals surface area contributed by atoms with Gasteiger partial charge in [0.25, 0.3) is 0 Å². The van der Waals surface area contributed by atoms with Crippen LogP contribution in [0.25, 0.3) is 0 Å². The Labute approximate surface area is 305 Å². The Morgan fingerprint density at radius 3 is 1.22 bits per heavy atom. The number of hydrogen-bond acceptors (Lipinski definition) is 4. The highest BCUT2D eigenvalue weighted by Crippen LogP contribution is 2.15. The second kappa shape index (κ2) is 39.6. The quantitative estimate of drug-likeness (QED) is 0.0381. The minimum Gasteiger partial charge on any atom is -0.394 e. The SMILES string of the molecule is CCCCCCCCCCC/C=C\C/C=C\CCCCCCCCCCCCC(O)C(=O)NC(CO)C(O)CCCCCCCCCCC. The van der Waals surface area contributed by atoms with Gasteiger partial charge in [0.2, 0.25) is 5.91 Å². The van der Waals surface area contributed by atoms with Gasteiger partial charge in [-0.05, 0) is 44.9 Å². The molecule has 0 saturated heterocycles. The van der Waals surface area contributed by atoms with Crippen molar-refractivity contribution in [2.45, 2.75) is 244 Å². The summed E-state index contributed by atoms with van der Waals surface area (Å²) in [5.41, 5.74) is 0. The molecular formula is C44H85NO4. The Bertz CT molecular complexity index is 724. The van der Waals surface area contributed by atoms with E-state index in [0.29, 0.717) is 12.8 Å². The molecule has 0 bridgehead atoms. The van der Waals surface area contributed by atoms with Gasteiger partial charge in [-0.1, -0.05) is 205 Å². The molecule has 0 aliphatic rings. The number of amides is 1. The third kappa shape index (κ3) is 35.0. The van der Waals surface area contributed by atoms with E-state index in [4.69, 9.17) is 0 Å². The van der Waals surface area contributed by atoms with E-state index in [-0.39, 0.29) is 6.61 Å². The van der Waals surface area contributed by atoms with Crippen LogP contribution in [-0.4, -0.2) is 46.1 Å². The summed E-state index contributed by atoms with van der Waals surface area (Å²) in [6.07, 6.45) is 47.6. The molecular weight excluding hydrogens is 606 g/mol. The van der Waals surface area contributed by atoms with Crippen molar-refractivity contribution in [1.29, 1.82) is 0 Å².